The zero-order chi connectivity index (χ0) is 10.8. The highest BCUT2D eigenvalue weighted by Gasteiger charge is 2.32. The first-order valence-corrected chi connectivity index (χ1v) is 5.05. The molecule has 0 aromatic carbocycles. The van der Waals surface area contributed by atoms with Crippen LogP contribution < -0.4 is 5.32 Å². The van der Waals surface area contributed by atoms with Crippen LogP contribution in [0.2, 0.25) is 0 Å². The number of imide groups is 1. The minimum Gasteiger partial charge on any atom is -0.374 e. The lowest BCUT2D eigenvalue weighted by Crippen LogP contribution is -2.47. The highest BCUT2D eigenvalue weighted by atomic mass is 16.5. The summed E-state index contributed by atoms with van der Waals surface area (Å²) in [6.45, 7) is 2.79. The molecule has 0 aliphatic carbocycles. The van der Waals surface area contributed by atoms with Crippen molar-refractivity contribution in [3.05, 3.63) is 0 Å². The summed E-state index contributed by atoms with van der Waals surface area (Å²) in [6.07, 6.45) is -0.0588. The number of nitrogens with zero attached hydrogens (tertiary/aromatic N) is 2. The number of rotatable bonds is 2. The van der Waals surface area contributed by atoms with Gasteiger partial charge in [-0.2, -0.15) is 0 Å². The topological polar surface area (TPSA) is 61.9 Å². The molecule has 1 atom stereocenters. The zero-order valence-corrected chi connectivity index (χ0v) is 8.73. The minimum absolute atomic E-state index is 0.0588. The monoisotopic (exact) mass is 213 g/mol. The number of hydrogen-bond donors (Lipinski definition) is 1. The maximum atomic E-state index is 11.3. The van der Waals surface area contributed by atoms with Crippen molar-refractivity contribution in [2.75, 3.05) is 39.8 Å². The molecular weight excluding hydrogens is 198 g/mol. The van der Waals surface area contributed by atoms with E-state index in [1.54, 1.807) is 0 Å². The Labute approximate surface area is 88.2 Å². The van der Waals surface area contributed by atoms with Gasteiger partial charge in [0, 0.05) is 13.1 Å². The normalized spacial score (nSPS) is 28.3. The molecule has 2 heterocycles. The van der Waals surface area contributed by atoms with E-state index in [-0.39, 0.29) is 24.6 Å². The average molecular weight is 213 g/mol. The van der Waals surface area contributed by atoms with Crippen LogP contribution in [0.25, 0.3) is 0 Å². The lowest BCUT2D eigenvalue weighted by molar-refractivity contribution is -0.127. The van der Waals surface area contributed by atoms with Gasteiger partial charge in [-0.15, -0.1) is 0 Å². The van der Waals surface area contributed by atoms with Gasteiger partial charge in [-0.3, -0.25) is 9.69 Å². The van der Waals surface area contributed by atoms with Crippen LogP contribution in [0.1, 0.15) is 0 Å². The summed E-state index contributed by atoms with van der Waals surface area (Å²) in [4.78, 5) is 25.9. The molecule has 0 aromatic rings. The predicted octanol–water partition coefficient (Wildman–Crippen LogP) is -1.13. The molecule has 3 amide bonds. The molecule has 0 saturated carbocycles. The van der Waals surface area contributed by atoms with Crippen molar-refractivity contribution in [3.63, 3.8) is 0 Å². The van der Waals surface area contributed by atoms with Crippen molar-refractivity contribution in [3.8, 4) is 0 Å². The van der Waals surface area contributed by atoms with Gasteiger partial charge in [0.25, 0.3) is 0 Å². The van der Waals surface area contributed by atoms with E-state index in [0.717, 1.165) is 13.1 Å². The van der Waals surface area contributed by atoms with E-state index in [4.69, 9.17) is 4.74 Å². The van der Waals surface area contributed by atoms with E-state index in [9.17, 15) is 9.59 Å². The zero-order valence-electron chi connectivity index (χ0n) is 8.73. The van der Waals surface area contributed by atoms with Gasteiger partial charge in [-0.25, -0.2) is 4.79 Å². The molecule has 0 spiro atoms. The number of hydrogen-bond acceptors (Lipinski definition) is 4. The molecule has 0 bridgehead atoms. The molecule has 2 saturated heterocycles. The molecule has 2 rings (SSSR count). The van der Waals surface area contributed by atoms with E-state index >= 15 is 0 Å². The Kier molecular flexibility index (Phi) is 2.88. The van der Waals surface area contributed by atoms with Gasteiger partial charge in [0.15, 0.2) is 0 Å². The molecule has 1 unspecified atom stereocenters. The molecule has 0 aromatic heterocycles. The maximum Gasteiger partial charge on any atom is 0.324 e. The summed E-state index contributed by atoms with van der Waals surface area (Å²) in [5.74, 6) is -0.170. The third-order valence-corrected chi connectivity index (χ3v) is 2.67. The van der Waals surface area contributed by atoms with Crippen LogP contribution in [-0.4, -0.2) is 67.7 Å². The number of likely N-dealkylation sites (N-methyl/N-ethyl adjacent to an activating group) is 1. The van der Waals surface area contributed by atoms with E-state index in [2.05, 4.69) is 10.2 Å². The van der Waals surface area contributed by atoms with Crippen molar-refractivity contribution in [2.24, 2.45) is 0 Å². The Balaban J connectivity index is 1.90. The lowest BCUT2D eigenvalue weighted by atomic mass is 10.2. The van der Waals surface area contributed by atoms with Crippen LogP contribution in [-0.2, 0) is 9.53 Å². The van der Waals surface area contributed by atoms with E-state index < -0.39 is 0 Å². The second-order valence-electron chi connectivity index (χ2n) is 3.92. The fraction of sp³-hybridized carbons (Fsp3) is 0.778. The maximum absolute atomic E-state index is 11.3. The summed E-state index contributed by atoms with van der Waals surface area (Å²) in [5.41, 5.74) is 0. The third kappa shape index (κ3) is 2.27. The molecule has 6 nitrogen and oxygen atoms in total. The van der Waals surface area contributed by atoms with Crippen LogP contribution in [0.15, 0.2) is 0 Å². The molecule has 1 N–H and O–H groups in total. The van der Waals surface area contributed by atoms with E-state index in [0.29, 0.717) is 13.2 Å². The Morgan fingerprint density at radius 2 is 2.33 bits per heavy atom. The van der Waals surface area contributed by atoms with Crippen LogP contribution in [0.5, 0.6) is 0 Å². The summed E-state index contributed by atoms with van der Waals surface area (Å²) in [6, 6.07) is -0.308. The lowest BCUT2D eigenvalue weighted by Gasteiger charge is -2.31. The minimum atomic E-state index is -0.308. The molecule has 15 heavy (non-hydrogen) atoms. The van der Waals surface area contributed by atoms with Gasteiger partial charge in [-0.05, 0) is 7.05 Å². The molecule has 2 aliphatic heterocycles. The number of carbonyl (C=O) groups is 2. The second-order valence-corrected chi connectivity index (χ2v) is 3.92. The van der Waals surface area contributed by atoms with Crippen molar-refractivity contribution in [2.45, 2.75) is 6.10 Å². The van der Waals surface area contributed by atoms with E-state index in [1.807, 2.05) is 7.05 Å². The van der Waals surface area contributed by atoms with Gasteiger partial charge in [0.2, 0.25) is 5.91 Å². The summed E-state index contributed by atoms with van der Waals surface area (Å²) in [5, 5.41) is 2.49. The average Bonchev–Trinajstić information content (AvgIpc) is 2.50. The summed E-state index contributed by atoms with van der Waals surface area (Å²) in [7, 11) is 2.00. The van der Waals surface area contributed by atoms with Crippen LogP contribution in [0.3, 0.4) is 0 Å². The van der Waals surface area contributed by atoms with Gasteiger partial charge >= 0.3 is 6.03 Å². The summed E-state index contributed by atoms with van der Waals surface area (Å²) >= 11 is 0. The first kappa shape index (κ1) is 10.4. The predicted molar refractivity (Wildman–Crippen MR) is 52.3 cm³/mol. The number of amides is 3. The highest BCUT2D eigenvalue weighted by Crippen LogP contribution is 2.07. The number of urea groups is 1. The Morgan fingerprint density at radius 3 is 2.93 bits per heavy atom. The molecule has 0 radical (unpaired) electrons. The largest absolute Gasteiger partial charge is 0.374 e. The van der Waals surface area contributed by atoms with Crippen LogP contribution >= 0.6 is 0 Å². The Hall–Kier alpha value is -1.14. The van der Waals surface area contributed by atoms with Gasteiger partial charge in [0.05, 0.1) is 25.8 Å². The number of ether oxygens (including phenoxy) is 1. The number of carbonyl (C=O) groups excluding carboxylic acids is 2. The molecule has 2 aliphatic rings. The molecule has 6 heteroatoms. The quantitative estimate of drug-likeness (QED) is 0.590. The fourth-order valence-electron chi connectivity index (χ4n) is 1.82. The summed E-state index contributed by atoms with van der Waals surface area (Å²) < 4.78 is 5.49. The number of nitrogens with one attached hydrogen (secondary N) is 1. The fourth-order valence-corrected chi connectivity index (χ4v) is 1.82. The molecular formula is C9H15N3O3. The first-order valence-electron chi connectivity index (χ1n) is 5.05. The van der Waals surface area contributed by atoms with Crippen LogP contribution in [0, 0.1) is 0 Å². The number of morpholine rings is 1. The van der Waals surface area contributed by atoms with Crippen molar-refractivity contribution in [1.29, 1.82) is 0 Å². The smallest absolute Gasteiger partial charge is 0.324 e. The SMILES string of the molecule is CN1CCOC(CN2C(=O)CNC2=O)C1. The van der Waals surface area contributed by atoms with Gasteiger partial charge in [-0.1, -0.05) is 0 Å². The highest BCUT2D eigenvalue weighted by molar-refractivity contribution is 6.01. The Bertz CT molecular complexity index is 266. The van der Waals surface area contributed by atoms with Gasteiger partial charge in [0.1, 0.15) is 0 Å². The Morgan fingerprint density at radius 1 is 1.53 bits per heavy atom. The van der Waals surface area contributed by atoms with Gasteiger partial charge < -0.3 is 15.0 Å². The van der Waals surface area contributed by atoms with E-state index in [1.165, 1.54) is 4.90 Å². The second kappa shape index (κ2) is 4.16. The standard InChI is InChI=1S/C9H15N3O3/c1-11-2-3-15-7(5-11)6-12-8(13)4-10-9(12)14/h7H,2-6H2,1H3,(H,10,14). The van der Waals surface area contributed by atoms with Crippen LogP contribution in [0.4, 0.5) is 4.79 Å². The van der Waals surface area contributed by atoms with Crippen molar-refractivity contribution < 1.29 is 14.3 Å². The molecule has 2 fully saturated rings. The van der Waals surface area contributed by atoms with Crippen molar-refractivity contribution in [1.82, 2.24) is 15.1 Å². The van der Waals surface area contributed by atoms with Crippen molar-refractivity contribution >= 4 is 11.9 Å². The molecule has 84 valence electrons. The third-order valence-electron chi connectivity index (χ3n) is 2.67. The first-order chi connectivity index (χ1) is 7.16.